The van der Waals surface area contributed by atoms with E-state index in [1.807, 2.05) is 6.07 Å². The van der Waals surface area contributed by atoms with E-state index in [1.54, 1.807) is 53.3 Å². The zero-order chi connectivity index (χ0) is 20.4. The van der Waals surface area contributed by atoms with Crippen molar-refractivity contribution in [2.75, 3.05) is 14.2 Å². The van der Waals surface area contributed by atoms with Gasteiger partial charge < -0.3 is 14.6 Å². The molecule has 9 heteroatoms. The molecule has 0 aliphatic rings. The van der Waals surface area contributed by atoms with Crippen LogP contribution in [-0.2, 0) is 6.54 Å². The third kappa shape index (κ3) is 3.32. The average molecular weight is 390 g/mol. The van der Waals surface area contributed by atoms with E-state index < -0.39 is 0 Å². The number of ether oxygens (including phenoxy) is 2. The van der Waals surface area contributed by atoms with E-state index in [4.69, 9.17) is 14.7 Å². The number of aromatic nitrogens is 5. The number of hydrogen-bond acceptors (Lipinski definition) is 7. The van der Waals surface area contributed by atoms with Crippen molar-refractivity contribution in [3.63, 3.8) is 0 Å². The van der Waals surface area contributed by atoms with Gasteiger partial charge in [-0.2, -0.15) is 10.4 Å². The van der Waals surface area contributed by atoms with Crippen molar-refractivity contribution in [2.45, 2.75) is 13.0 Å². The van der Waals surface area contributed by atoms with Crippen LogP contribution in [0.15, 0.2) is 43.0 Å². The summed E-state index contributed by atoms with van der Waals surface area (Å²) in [5.74, 6) is 0.982. The van der Waals surface area contributed by atoms with Gasteiger partial charge in [-0.25, -0.2) is 9.97 Å². The molecule has 9 nitrogen and oxygen atoms in total. The van der Waals surface area contributed by atoms with Gasteiger partial charge in [-0.3, -0.25) is 9.25 Å². The van der Waals surface area contributed by atoms with Gasteiger partial charge in [0.1, 0.15) is 0 Å². The smallest absolute Gasteiger partial charge is 0.256 e. The van der Waals surface area contributed by atoms with Crippen molar-refractivity contribution in [1.29, 1.82) is 5.26 Å². The van der Waals surface area contributed by atoms with Crippen LogP contribution >= 0.6 is 0 Å². The van der Waals surface area contributed by atoms with Gasteiger partial charge in [-0.05, 0) is 18.2 Å². The molecular formula is C20H18N6O3. The average Bonchev–Trinajstić information content (AvgIpc) is 3.35. The highest BCUT2D eigenvalue weighted by Crippen LogP contribution is 2.33. The molecule has 0 amide bonds. The third-order valence-electron chi connectivity index (χ3n) is 4.52. The van der Waals surface area contributed by atoms with Gasteiger partial charge >= 0.3 is 0 Å². The molecular weight excluding hydrogens is 372 g/mol. The zero-order valence-electron chi connectivity index (χ0n) is 15.9. The number of nitrogens with zero attached hydrogens (tertiary/aromatic N) is 6. The molecule has 0 aliphatic carbocycles. The lowest BCUT2D eigenvalue weighted by Crippen LogP contribution is -1.96. The summed E-state index contributed by atoms with van der Waals surface area (Å²) < 4.78 is 13.8. The summed E-state index contributed by atoms with van der Waals surface area (Å²) >= 11 is 0. The Bertz CT molecular complexity index is 1220. The van der Waals surface area contributed by atoms with Gasteiger partial charge in [0.2, 0.25) is 5.88 Å². The Morgan fingerprint density at radius 3 is 2.79 bits per heavy atom. The van der Waals surface area contributed by atoms with Crippen LogP contribution in [0.3, 0.4) is 0 Å². The molecule has 0 fully saturated rings. The lowest BCUT2D eigenvalue weighted by Gasteiger charge is -2.08. The van der Waals surface area contributed by atoms with E-state index in [1.165, 1.54) is 7.11 Å². The fourth-order valence-corrected chi connectivity index (χ4v) is 3.07. The van der Waals surface area contributed by atoms with E-state index in [0.717, 1.165) is 5.56 Å². The molecule has 0 spiro atoms. The molecule has 4 rings (SSSR count). The maximum atomic E-state index is 10.6. The number of aryl methyl sites for hydroxylation is 1. The van der Waals surface area contributed by atoms with E-state index in [0.29, 0.717) is 46.9 Å². The lowest BCUT2D eigenvalue weighted by molar-refractivity contribution is 0.343. The molecule has 146 valence electrons. The maximum absolute atomic E-state index is 10.6. The summed E-state index contributed by atoms with van der Waals surface area (Å²) in [5, 5.41) is 24.2. The molecule has 0 unspecified atom stereocenters. The second-order valence-corrected chi connectivity index (χ2v) is 6.26. The number of pyridine rings is 2. The largest absolute Gasteiger partial charge is 0.494 e. The van der Waals surface area contributed by atoms with E-state index in [-0.39, 0.29) is 5.88 Å². The Labute approximate surface area is 166 Å². The summed E-state index contributed by atoms with van der Waals surface area (Å²) in [6.45, 7) is 0.493. The van der Waals surface area contributed by atoms with Gasteiger partial charge in [0, 0.05) is 24.2 Å². The van der Waals surface area contributed by atoms with E-state index in [9.17, 15) is 5.11 Å². The van der Waals surface area contributed by atoms with Crippen molar-refractivity contribution in [1.82, 2.24) is 24.3 Å². The molecule has 0 aliphatic heterocycles. The number of fused-ring (bicyclic) bond motifs is 1. The topological polar surface area (TPSA) is 111 Å². The summed E-state index contributed by atoms with van der Waals surface area (Å²) in [6.07, 6.45) is 7.18. The van der Waals surface area contributed by atoms with Crippen molar-refractivity contribution >= 4 is 10.9 Å². The highest BCUT2D eigenvalue weighted by Gasteiger charge is 2.15. The first kappa shape index (κ1) is 18.3. The van der Waals surface area contributed by atoms with Crippen LogP contribution < -0.4 is 9.47 Å². The van der Waals surface area contributed by atoms with Crippen LogP contribution in [-0.4, -0.2) is 43.6 Å². The maximum Gasteiger partial charge on any atom is 0.256 e. The van der Waals surface area contributed by atoms with Crippen molar-refractivity contribution < 1.29 is 14.6 Å². The first-order valence-electron chi connectivity index (χ1n) is 8.84. The van der Waals surface area contributed by atoms with Gasteiger partial charge in [-0.1, -0.05) is 0 Å². The van der Waals surface area contributed by atoms with Crippen LogP contribution in [0, 0.1) is 11.3 Å². The van der Waals surface area contributed by atoms with Crippen LogP contribution in [0.2, 0.25) is 0 Å². The summed E-state index contributed by atoms with van der Waals surface area (Å²) in [5.41, 5.74) is 2.77. The molecule has 4 aromatic rings. The summed E-state index contributed by atoms with van der Waals surface area (Å²) in [7, 11) is 3.08. The minimum atomic E-state index is 0.0734. The molecule has 29 heavy (non-hydrogen) atoms. The lowest BCUT2D eigenvalue weighted by atomic mass is 10.1. The minimum Gasteiger partial charge on any atom is -0.494 e. The van der Waals surface area contributed by atoms with Crippen molar-refractivity contribution in [2.24, 2.45) is 0 Å². The molecule has 4 heterocycles. The summed E-state index contributed by atoms with van der Waals surface area (Å²) in [4.78, 5) is 8.90. The number of rotatable bonds is 6. The SMILES string of the molecule is COc1cc(-c2ccc3c(O)n(-c4cnn(CCC#N)c4)cc3n2)cnc1OC. The standard InChI is InChI=1S/C20H18N6O3/c1-28-18-8-13(9-22-19(18)29-2)16-5-4-15-17(24-16)12-26(20(15)27)14-10-23-25(11-14)7-3-6-21/h4-5,8-12,27H,3,7H2,1-2H3. The Balaban J connectivity index is 1.72. The molecule has 1 N–H and O–H groups in total. The Morgan fingerprint density at radius 1 is 1.17 bits per heavy atom. The first-order chi connectivity index (χ1) is 14.1. The molecule has 0 radical (unpaired) electrons. The molecule has 0 aromatic carbocycles. The molecule has 0 saturated heterocycles. The minimum absolute atomic E-state index is 0.0734. The Kier molecular flexibility index (Phi) is 4.75. The van der Waals surface area contributed by atoms with E-state index in [2.05, 4.69) is 21.1 Å². The third-order valence-corrected chi connectivity index (χ3v) is 4.52. The highest BCUT2D eigenvalue weighted by molar-refractivity contribution is 5.87. The fourth-order valence-electron chi connectivity index (χ4n) is 3.07. The number of methoxy groups -OCH3 is 2. The molecule has 0 bridgehead atoms. The monoisotopic (exact) mass is 390 g/mol. The predicted molar refractivity (Wildman–Crippen MR) is 105 cm³/mol. The highest BCUT2D eigenvalue weighted by atomic mass is 16.5. The van der Waals surface area contributed by atoms with Crippen LogP contribution in [0.4, 0.5) is 0 Å². The second-order valence-electron chi connectivity index (χ2n) is 6.26. The number of aromatic hydroxyl groups is 1. The quantitative estimate of drug-likeness (QED) is 0.539. The van der Waals surface area contributed by atoms with Gasteiger partial charge in [0.15, 0.2) is 5.75 Å². The second kappa shape index (κ2) is 7.52. The van der Waals surface area contributed by atoms with Crippen molar-refractivity contribution in [3.8, 4) is 40.5 Å². The number of nitriles is 1. The van der Waals surface area contributed by atoms with Gasteiger partial charge in [0.25, 0.3) is 5.88 Å². The normalized spacial score (nSPS) is 10.8. The van der Waals surface area contributed by atoms with Gasteiger partial charge in [-0.15, -0.1) is 0 Å². The van der Waals surface area contributed by atoms with Crippen LogP contribution in [0.5, 0.6) is 17.5 Å². The Hall–Kier alpha value is -4.06. The molecule has 0 saturated carbocycles. The van der Waals surface area contributed by atoms with Crippen LogP contribution in [0.1, 0.15) is 6.42 Å². The van der Waals surface area contributed by atoms with Crippen LogP contribution in [0.25, 0.3) is 27.8 Å². The zero-order valence-corrected chi connectivity index (χ0v) is 15.9. The first-order valence-corrected chi connectivity index (χ1v) is 8.84. The predicted octanol–water partition coefficient (Wildman–Crippen LogP) is 2.92. The summed E-state index contributed by atoms with van der Waals surface area (Å²) in [6, 6.07) is 7.50. The van der Waals surface area contributed by atoms with Gasteiger partial charge in [0.05, 0.1) is 61.7 Å². The Morgan fingerprint density at radius 2 is 2.03 bits per heavy atom. The van der Waals surface area contributed by atoms with E-state index >= 15 is 0 Å². The van der Waals surface area contributed by atoms with Crippen molar-refractivity contribution in [3.05, 3.63) is 43.0 Å². The molecule has 4 aromatic heterocycles. The molecule has 0 atom stereocenters. The number of hydrogen-bond donors (Lipinski definition) is 1. The fraction of sp³-hybridized carbons (Fsp3) is 0.200.